The lowest BCUT2D eigenvalue weighted by Gasteiger charge is -2.38. The molecule has 1 aliphatic carbocycles. The first-order chi connectivity index (χ1) is 8.15. The average molecular weight is 240 g/mol. The molecule has 1 amide bonds. The van der Waals surface area contributed by atoms with Gasteiger partial charge in [0.1, 0.15) is 0 Å². The van der Waals surface area contributed by atoms with Crippen molar-refractivity contribution in [1.29, 1.82) is 0 Å². The maximum absolute atomic E-state index is 10.6. The molecule has 1 aliphatic heterocycles. The lowest BCUT2D eigenvalue weighted by atomic mass is 9.74. The van der Waals surface area contributed by atoms with Crippen LogP contribution in [-0.4, -0.2) is 42.3 Å². The van der Waals surface area contributed by atoms with Gasteiger partial charge in [-0.2, -0.15) is 0 Å². The molecule has 4 heteroatoms. The minimum absolute atomic E-state index is 0.204. The van der Waals surface area contributed by atoms with Crippen molar-refractivity contribution < 1.29 is 9.90 Å². The van der Waals surface area contributed by atoms with Crippen molar-refractivity contribution >= 4 is 6.09 Å². The molecule has 98 valence electrons. The van der Waals surface area contributed by atoms with E-state index in [2.05, 4.69) is 17.3 Å². The van der Waals surface area contributed by atoms with Gasteiger partial charge in [0.25, 0.3) is 0 Å². The van der Waals surface area contributed by atoms with E-state index in [0.29, 0.717) is 0 Å². The molecule has 0 bridgehead atoms. The minimum Gasteiger partial charge on any atom is -0.465 e. The second kappa shape index (κ2) is 5.71. The van der Waals surface area contributed by atoms with Crippen molar-refractivity contribution in [2.24, 2.45) is 11.8 Å². The van der Waals surface area contributed by atoms with E-state index in [1.54, 1.807) is 0 Å². The van der Waals surface area contributed by atoms with Crippen molar-refractivity contribution in [3.8, 4) is 0 Å². The zero-order chi connectivity index (χ0) is 12.3. The van der Waals surface area contributed by atoms with Crippen LogP contribution in [0.2, 0.25) is 0 Å². The van der Waals surface area contributed by atoms with Crippen molar-refractivity contribution in [1.82, 2.24) is 10.2 Å². The smallest absolute Gasteiger partial charge is 0.404 e. The van der Waals surface area contributed by atoms with Crippen LogP contribution in [0.5, 0.6) is 0 Å². The minimum atomic E-state index is -0.868. The standard InChI is InChI=1S/C13H24N2O2/c1-15-8-6-11(7-9-15)10-2-4-12(5-3-10)14-13(16)17/h10-12,14H,2-9H2,1H3,(H,16,17). The lowest BCUT2D eigenvalue weighted by molar-refractivity contribution is 0.132. The molecule has 0 aromatic rings. The fraction of sp³-hybridized carbons (Fsp3) is 0.923. The van der Waals surface area contributed by atoms with Crippen LogP contribution in [0, 0.1) is 11.8 Å². The number of likely N-dealkylation sites (tertiary alicyclic amines) is 1. The van der Waals surface area contributed by atoms with E-state index >= 15 is 0 Å². The Hall–Kier alpha value is -0.770. The summed E-state index contributed by atoms with van der Waals surface area (Å²) in [6, 6.07) is 0.204. The quantitative estimate of drug-likeness (QED) is 0.777. The molecule has 0 aromatic heterocycles. The van der Waals surface area contributed by atoms with E-state index in [1.165, 1.54) is 38.8 Å². The van der Waals surface area contributed by atoms with Gasteiger partial charge in [-0.05, 0) is 70.5 Å². The summed E-state index contributed by atoms with van der Waals surface area (Å²) < 4.78 is 0. The Labute approximate surface area is 103 Å². The third kappa shape index (κ3) is 3.60. The van der Waals surface area contributed by atoms with Gasteiger partial charge in [0.2, 0.25) is 0 Å². The number of piperidine rings is 1. The fourth-order valence-electron chi connectivity index (χ4n) is 3.41. The summed E-state index contributed by atoms with van der Waals surface area (Å²) in [7, 11) is 2.20. The molecule has 0 radical (unpaired) electrons. The molecule has 4 nitrogen and oxygen atoms in total. The van der Waals surface area contributed by atoms with Gasteiger partial charge in [0.05, 0.1) is 0 Å². The van der Waals surface area contributed by atoms with E-state index < -0.39 is 6.09 Å². The Morgan fingerprint density at radius 2 is 1.59 bits per heavy atom. The second-order valence-electron chi connectivity index (χ2n) is 5.70. The summed E-state index contributed by atoms with van der Waals surface area (Å²) >= 11 is 0. The first kappa shape index (κ1) is 12.7. The lowest BCUT2D eigenvalue weighted by Crippen LogP contribution is -2.39. The van der Waals surface area contributed by atoms with E-state index in [4.69, 9.17) is 5.11 Å². The van der Waals surface area contributed by atoms with Gasteiger partial charge in [-0.15, -0.1) is 0 Å². The van der Waals surface area contributed by atoms with Crippen LogP contribution < -0.4 is 5.32 Å². The summed E-state index contributed by atoms with van der Waals surface area (Å²) in [5.74, 6) is 1.73. The van der Waals surface area contributed by atoms with Gasteiger partial charge >= 0.3 is 6.09 Å². The number of nitrogens with zero attached hydrogens (tertiary/aromatic N) is 1. The number of carboxylic acid groups (broad SMARTS) is 1. The topological polar surface area (TPSA) is 52.6 Å². The third-order valence-corrected chi connectivity index (χ3v) is 4.53. The number of carbonyl (C=O) groups is 1. The van der Waals surface area contributed by atoms with Crippen LogP contribution in [0.4, 0.5) is 4.79 Å². The zero-order valence-electron chi connectivity index (χ0n) is 10.7. The molecule has 2 fully saturated rings. The number of rotatable bonds is 2. The molecule has 0 aromatic carbocycles. The van der Waals surface area contributed by atoms with Gasteiger partial charge < -0.3 is 15.3 Å². The highest BCUT2D eigenvalue weighted by Gasteiger charge is 2.29. The van der Waals surface area contributed by atoms with E-state index in [1.807, 2.05) is 0 Å². The predicted molar refractivity (Wildman–Crippen MR) is 67.1 cm³/mol. The maximum atomic E-state index is 10.6. The molecular formula is C13H24N2O2. The van der Waals surface area contributed by atoms with Crippen LogP contribution in [0.1, 0.15) is 38.5 Å². The predicted octanol–water partition coefficient (Wildman–Crippen LogP) is 2.15. The summed E-state index contributed by atoms with van der Waals surface area (Å²) in [5.41, 5.74) is 0. The van der Waals surface area contributed by atoms with Crippen molar-refractivity contribution in [3.05, 3.63) is 0 Å². The highest BCUT2D eigenvalue weighted by molar-refractivity contribution is 5.64. The highest BCUT2D eigenvalue weighted by Crippen LogP contribution is 2.35. The highest BCUT2D eigenvalue weighted by atomic mass is 16.4. The summed E-state index contributed by atoms with van der Waals surface area (Å²) in [4.78, 5) is 13.0. The van der Waals surface area contributed by atoms with Gasteiger partial charge in [0, 0.05) is 6.04 Å². The molecule has 1 saturated heterocycles. The number of hydrogen-bond donors (Lipinski definition) is 2. The molecule has 0 atom stereocenters. The average Bonchev–Trinajstić information content (AvgIpc) is 2.30. The Balaban J connectivity index is 1.73. The van der Waals surface area contributed by atoms with Crippen LogP contribution in [-0.2, 0) is 0 Å². The molecule has 1 saturated carbocycles. The molecule has 2 aliphatic rings. The Morgan fingerprint density at radius 1 is 1.06 bits per heavy atom. The van der Waals surface area contributed by atoms with Crippen LogP contribution in [0.3, 0.4) is 0 Å². The van der Waals surface area contributed by atoms with Gasteiger partial charge in [0.15, 0.2) is 0 Å². The second-order valence-corrected chi connectivity index (χ2v) is 5.70. The van der Waals surface area contributed by atoms with Crippen LogP contribution in [0.15, 0.2) is 0 Å². The maximum Gasteiger partial charge on any atom is 0.404 e. The Kier molecular flexibility index (Phi) is 4.26. The Bertz CT molecular complexity index is 254. The first-order valence-corrected chi connectivity index (χ1v) is 6.83. The van der Waals surface area contributed by atoms with Gasteiger partial charge in [-0.3, -0.25) is 0 Å². The molecule has 2 rings (SSSR count). The summed E-state index contributed by atoms with van der Waals surface area (Å²) in [5, 5.41) is 11.3. The molecular weight excluding hydrogens is 216 g/mol. The van der Waals surface area contributed by atoms with Crippen molar-refractivity contribution in [2.75, 3.05) is 20.1 Å². The van der Waals surface area contributed by atoms with E-state index in [9.17, 15) is 4.79 Å². The summed E-state index contributed by atoms with van der Waals surface area (Å²) in [6.45, 7) is 2.47. The molecule has 0 unspecified atom stereocenters. The number of amides is 1. The van der Waals surface area contributed by atoms with E-state index in [-0.39, 0.29) is 6.04 Å². The molecule has 1 heterocycles. The largest absolute Gasteiger partial charge is 0.465 e. The monoisotopic (exact) mass is 240 g/mol. The van der Waals surface area contributed by atoms with Crippen LogP contribution in [0.25, 0.3) is 0 Å². The summed E-state index contributed by atoms with van der Waals surface area (Å²) in [6.07, 6.45) is 6.27. The van der Waals surface area contributed by atoms with Crippen molar-refractivity contribution in [2.45, 2.75) is 44.6 Å². The van der Waals surface area contributed by atoms with E-state index in [0.717, 1.165) is 24.7 Å². The SMILES string of the molecule is CN1CCC(C2CCC(NC(=O)O)CC2)CC1. The zero-order valence-corrected chi connectivity index (χ0v) is 10.7. The normalized spacial score (nSPS) is 32.3. The van der Waals surface area contributed by atoms with Gasteiger partial charge in [-0.1, -0.05) is 0 Å². The molecule has 2 N–H and O–H groups in total. The number of nitrogens with one attached hydrogen (secondary N) is 1. The van der Waals surface area contributed by atoms with Crippen LogP contribution >= 0.6 is 0 Å². The number of hydrogen-bond acceptors (Lipinski definition) is 2. The fourth-order valence-corrected chi connectivity index (χ4v) is 3.41. The Morgan fingerprint density at radius 3 is 2.12 bits per heavy atom. The molecule has 0 spiro atoms. The molecule has 17 heavy (non-hydrogen) atoms. The van der Waals surface area contributed by atoms with Crippen molar-refractivity contribution in [3.63, 3.8) is 0 Å². The van der Waals surface area contributed by atoms with Gasteiger partial charge in [-0.25, -0.2) is 4.79 Å². The third-order valence-electron chi connectivity index (χ3n) is 4.53. The first-order valence-electron chi connectivity index (χ1n) is 6.83.